The van der Waals surface area contributed by atoms with Gasteiger partial charge in [-0.1, -0.05) is 13.8 Å². The summed E-state index contributed by atoms with van der Waals surface area (Å²) < 4.78 is 12.5. The van der Waals surface area contributed by atoms with Crippen molar-refractivity contribution in [2.75, 3.05) is 6.61 Å². The molecule has 0 aromatic carbocycles. The Balaban J connectivity index is 1.33. The van der Waals surface area contributed by atoms with Crippen molar-refractivity contribution < 1.29 is 14.3 Å². The van der Waals surface area contributed by atoms with Gasteiger partial charge in [-0.2, -0.15) is 0 Å². The first kappa shape index (κ1) is 18.6. The van der Waals surface area contributed by atoms with Gasteiger partial charge in [-0.15, -0.1) is 0 Å². The van der Waals surface area contributed by atoms with Gasteiger partial charge < -0.3 is 9.47 Å². The molecule has 5 aliphatic rings. The van der Waals surface area contributed by atoms with E-state index in [1.54, 1.807) is 0 Å². The van der Waals surface area contributed by atoms with Crippen LogP contribution in [0.5, 0.6) is 0 Å². The zero-order valence-electron chi connectivity index (χ0n) is 17.4. The van der Waals surface area contributed by atoms with Crippen LogP contribution in [0, 0.1) is 34.5 Å². The second kappa shape index (κ2) is 6.83. The number of carbonyl (C=O) groups is 1. The van der Waals surface area contributed by atoms with Crippen LogP contribution >= 0.6 is 0 Å². The molecule has 0 bridgehead atoms. The molecule has 152 valence electrons. The maximum absolute atomic E-state index is 12.1. The number of hydrogen-bond donors (Lipinski definition) is 0. The largest absolute Gasteiger partial charge is 0.353 e. The van der Waals surface area contributed by atoms with E-state index in [0.29, 0.717) is 28.6 Å². The first-order valence-electron chi connectivity index (χ1n) is 11.8. The Bertz CT molecular complexity index is 582. The van der Waals surface area contributed by atoms with Crippen molar-refractivity contribution in [3.63, 3.8) is 0 Å². The van der Waals surface area contributed by atoms with Crippen molar-refractivity contribution in [3.05, 3.63) is 0 Å². The lowest BCUT2D eigenvalue weighted by atomic mass is 9.45. The van der Waals surface area contributed by atoms with E-state index in [0.717, 1.165) is 50.0 Å². The molecule has 0 spiro atoms. The van der Waals surface area contributed by atoms with Crippen LogP contribution in [-0.2, 0) is 14.3 Å². The molecule has 5 rings (SSSR count). The van der Waals surface area contributed by atoms with Crippen molar-refractivity contribution >= 4 is 5.78 Å². The monoisotopic (exact) mass is 374 g/mol. The van der Waals surface area contributed by atoms with E-state index in [2.05, 4.69) is 13.8 Å². The van der Waals surface area contributed by atoms with Crippen molar-refractivity contribution in [1.29, 1.82) is 0 Å². The average molecular weight is 375 g/mol. The van der Waals surface area contributed by atoms with Gasteiger partial charge in [0.15, 0.2) is 6.29 Å². The van der Waals surface area contributed by atoms with Gasteiger partial charge in [0, 0.05) is 19.4 Å². The van der Waals surface area contributed by atoms with Gasteiger partial charge in [0.1, 0.15) is 5.78 Å². The Hall–Kier alpha value is -0.410. The van der Waals surface area contributed by atoms with Gasteiger partial charge in [-0.3, -0.25) is 4.79 Å². The number of Topliss-reactive ketones (excluding diaryl/α,β-unsaturated/α-hetero) is 1. The molecule has 0 aromatic rings. The van der Waals surface area contributed by atoms with Crippen LogP contribution in [0.15, 0.2) is 0 Å². The third kappa shape index (κ3) is 2.94. The predicted octanol–water partition coefficient (Wildman–Crippen LogP) is 5.51. The van der Waals surface area contributed by atoms with Crippen molar-refractivity contribution in [2.45, 2.75) is 103 Å². The maximum Gasteiger partial charge on any atom is 0.157 e. The summed E-state index contributed by atoms with van der Waals surface area (Å²) in [6, 6.07) is 0. The van der Waals surface area contributed by atoms with Gasteiger partial charge in [0.25, 0.3) is 0 Å². The molecular weight excluding hydrogens is 336 g/mol. The lowest BCUT2D eigenvalue weighted by molar-refractivity contribution is -0.218. The molecule has 0 amide bonds. The number of carbonyl (C=O) groups excluding carboxylic acids is 1. The standard InChI is InChI=1S/C24H38O3/c1-23-12-10-17(25)15-16(23)6-7-18-19-8-9-21(24(19,2)13-11-20(18)23)27-22-5-3-4-14-26-22/h16,18-22H,3-15H2,1-2H3. The number of ether oxygens (including phenoxy) is 2. The summed E-state index contributed by atoms with van der Waals surface area (Å²) in [5.41, 5.74) is 0.763. The summed E-state index contributed by atoms with van der Waals surface area (Å²) in [6.07, 6.45) is 14.7. The molecular formula is C24H38O3. The fourth-order valence-corrected chi connectivity index (χ4v) is 8.22. The summed E-state index contributed by atoms with van der Waals surface area (Å²) in [5.74, 6) is 3.71. The van der Waals surface area contributed by atoms with E-state index in [1.165, 1.54) is 51.4 Å². The molecule has 0 radical (unpaired) electrons. The summed E-state index contributed by atoms with van der Waals surface area (Å²) in [5, 5.41) is 0. The zero-order valence-corrected chi connectivity index (χ0v) is 17.4. The normalized spacial score (nSPS) is 52.7. The van der Waals surface area contributed by atoms with Crippen molar-refractivity contribution in [2.24, 2.45) is 34.5 Å². The smallest absolute Gasteiger partial charge is 0.157 e. The molecule has 1 saturated heterocycles. The SMILES string of the molecule is CC12CCC(=O)CC1CCC1C2CCC2(C)C(OC3CCCCO3)CCC12. The molecule has 3 nitrogen and oxygen atoms in total. The van der Waals surface area contributed by atoms with Gasteiger partial charge in [0.2, 0.25) is 0 Å². The summed E-state index contributed by atoms with van der Waals surface area (Å²) in [6.45, 7) is 5.95. The van der Waals surface area contributed by atoms with Crippen LogP contribution in [0.2, 0.25) is 0 Å². The second-order valence-electron chi connectivity index (χ2n) is 10.9. The van der Waals surface area contributed by atoms with Crippen molar-refractivity contribution in [3.8, 4) is 0 Å². The van der Waals surface area contributed by atoms with Crippen LogP contribution < -0.4 is 0 Å². The summed E-state index contributed by atoms with van der Waals surface area (Å²) in [7, 11) is 0. The van der Waals surface area contributed by atoms with Crippen LogP contribution in [0.3, 0.4) is 0 Å². The van der Waals surface area contributed by atoms with E-state index >= 15 is 0 Å². The Morgan fingerprint density at radius 3 is 2.59 bits per heavy atom. The highest BCUT2D eigenvalue weighted by Gasteiger charge is 2.60. The Labute approximate surface area is 164 Å². The minimum atomic E-state index is 0.0506. The molecule has 4 saturated carbocycles. The van der Waals surface area contributed by atoms with Crippen LogP contribution in [0.25, 0.3) is 0 Å². The lowest BCUT2D eigenvalue weighted by Crippen LogP contribution is -2.54. The molecule has 3 heteroatoms. The summed E-state index contributed by atoms with van der Waals surface area (Å²) >= 11 is 0. The third-order valence-corrected chi connectivity index (χ3v) is 9.85. The zero-order chi connectivity index (χ0) is 18.6. The van der Waals surface area contributed by atoms with E-state index in [4.69, 9.17) is 9.47 Å². The van der Waals surface area contributed by atoms with Crippen LogP contribution in [0.4, 0.5) is 0 Å². The highest BCUT2D eigenvalue weighted by Crippen LogP contribution is 2.66. The van der Waals surface area contributed by atoms with Gasteiger partial charge in [-0.25, -0.2) is 0 Å². The van der Waals surface area contributed by atoms with Crippen molar-refractivity contribution in [1.82, 2.24) is 0 Å². The highest BCUT2D eigenvalue weighted by molar-refractivity contribution is 5.79. The first-order valence-corrected chi connectivity index (χ1v) is 11.8. The predicted molar refractivity (Wildman–Crippen MR) is 105 cm³/mol. The van der Waals surface area contributed by atoms with Crippen LogP contribution in [-0.4, -0.2) is 24.8 Å². The van der Waals surface area contributed by atoms with E-state index < -0.39 is 0 Å². The topological polar surface area (TPSA) is 35.5 Å². The molecule has 27 heavy (non-hydrogen) atoms. The van der Waals surface area contributed by atoms with E-state index in [-0.39, 0.29) is 6.29 Å². The lowest BCUT2D eigenvalue weighted by Gasteiger charge is -2.60. The maximum atomic E-state index is 12.1. The molecule has 8 unspecified atom stereocenters. The summed E-state index contributed by atoms with van der Waals surface area (Å²) in [4.78, 5) is 12.1. The Morgan fingerprint density at radius 1 is 0.926 bits per heavy atom. The van der Waals surface area contributed by atoms with E-state index in [9.17, 15) is 4.79 Å². The molecule has 0 N–H and O–H groups in total. The fourth-order valence-electron chi connectivity index (χ4n) is 8.22. The second-order valence-corrected chi connectivity index (χ2v) is 10.9. The highest BCUT2D eigenvalue weighted by atomic mass is 16.7. The van der Waals surface area contributed by atoms with Gasteiger partial charge >= 0.3 is 0 Å². The van der Waals surface area contributed by atoms with Gasteiger partial charge in [0.05, 0.1) is 6.10 Å². The number of fused-ring (bicyclic) bond motifs is 5. The molecule has 1 heterocycles. The van der Waals surface area contributed by atoms with Crippen LogP contribution in [0.1, 0.15) is 90.9 Å². The minimum absolute atomic E-state index is 0.0506. The van der Waals surface area contributed by atoms with E-state index in [1.807, 2.05) is 0 Å². The first-order chi connectivity index (χ1) is 13.0. The fraction of sp³-hybridized carbons (Fsp3) is 0.958. The van der Waals surface area contributed by atoms with Gasteiger partial charge in [-0.05, 0) is 98.7 Å². The minimum Gasteiger partial charge on any atom is -0.353 e. The number of ketones is 1. The number of rotatable bonds is 2. The molecule has 5 fully saturated rings. The molecule has 8 atom stereocenters. The average Bonchev–Trinajstić information content (AvgIpc) is 3.00. The number of hydrogen-bond acceptors (Lipinski definition) is 3. The molecule has 4 aliphatic carbocycles. The molecule has 0 aromatic heterocycles. The Kier molecular flexibility index (Phi) is 4.71. The Morgan fingerprint density at radius 2 is 1.78 bits per heavy atom. The molecule has 1 aliphatic heterocycles. The third-order valence-electron chi connectivity index (χ3n) is 9.85. The quantitative estimate of drug-likeness (QED) is 0.639.